The van der Waals surface area contributed by atoms with Gasteiger partial charge in [-0.05, 0) is 26.0 Å². The predicted molar refractivity (Wildman–Crippen MR) is 58.4 cm³/mol. The highest BCUT2D eigenvalue weighted by Gasteiger charge is 2.51. The minimum absolute atomic E-state index is 0.105. The molecule has 0 bridgehead atoms. The number of rotatable bonds is 1. The molecule has 1 N–H and O–H groups in total. The number of hydrogen-bond acceptors (Lipinski definition) is 2. The highest BCUT2D eigenvalue weighted by atomic mass is 16.2. The molecule has 2 rings (SSSR count). The van der Waals surface area contributed by atoms with E-state index in [0.29, 0.717) is 6.42 Å². The van der Waals surface area contributed by atoms with Gasteiger partial charge in [0.1, 0.15) is 0 Å². The first-order chi connectivity index (χ1) is 6.96. The molecule has 1 fully saturated rings. The van der Waals surface area contributed by atoms with Crippen LogP contribution in [-0.4, -0.2) is 16.4 Å². The minimum Gasteiger partial charge on any atom is -0.350 e. The Morgan fingerprint density at radius 3 is 2.53 bits per heavy atom. The van der Waals surface area contributed by atoms with E-state index in [2.05, 4.69) is 17.2 Å². The van der Waals surface area contributed by atoms with Crippen LogP contribution in [-0.2, 0) is 10.2 Å². The lowest BCUT2D eigenvalue weighted by Crippen LogP contribution is -2.48. The second-order valence-corrected chi connectivity index (χ2v) is 4.90. The number of hydrogen-bond donors (Lipinski definition) is 1. The summed E-state index contributed by atoms with van der Waals surface area (Å²) < 4.78 is 0. The van der Waals surface area contributed by atoms with Crippen LogP contribution in [0, 0.1) is 0 Å². The van der Waals surface area contributed by atoms with E-state index in [1.165, 1.54) is 0 Å². The quantitative estimate of drug-likeness (QED) is 0.755. The smallest absolute Gasteiger partial charge is 0.221 e. The number of carbonyl (C=O) groups excluding carboxylic acids is 1. The van der Waals surface area contributed by atoms with Crippen molar-refractivity contribution in [3.05, 3.63) is 30.1 Å². The van der Waals surface area contributed by atoms with E-state index in [9.17, 15) is 4.79 Å². The number of aromatic nitrogens is 1. The summed E-state index contributed by atoms with van der Waals surface area (Å²) in [4.78, 5) is 15.9. The van der Waals surface area contributed by atoms with Crippen LogP contribution in [0.25, 0.3) is 0 Å². The van der Waals surface area contributed by atoms with Gasteiger partial charge in [-0.1, -0.05) is 13.0 Å². The lowest BCUT2D eigenvalue weighted by molar-refractivity contribution is -0.119. The van der Waals surface area contributed by atoms with Crippen LogP contribution in [0.4, 0.5) is 0 Å². The maximum atomic E-state index is 11.5. The normalized spacial score (nSPS) is 28.9. The zero-order valence-corrected chi connectivity index (χ0v) is 9.37. The Kier molecular flexibility index (Phi) is 2.07. The molecular formula is C12H16N2O. The zero-order chi connectivity index (χ0) is 11.1. The molecule has 1 saturated heterocycles. The lowest BCUT2D eigenvalue weighted by Gasteiger charge is -2.36. The maximum absolute atomic E-state index is 11.5. The van der Waals surface area contributed by atoms with Gasteiger partial charge in [-0.15, -0.1) is 0 Å². The Hall–Kier alpha value is -1.38. The summed E-state index contributed by atoms with van der Waals surface area (Å²) in [6.07, 6.45) is 2.29. The van der Waals surface area contributed by atoms with E-state index in [1.807, 2.05) is 32.0 Å². The molecular weight excluding hydrogens is 188 g/mol. The first kappa shape index (κ1) is 10.1. The maximum Gasteiger partial charge on any atom is 0.221 e. The van der Waals surface area contributed by atoms with Gasteiger partial charge in [0.15, 0.2) is 0 Å². The van der Waals surface area contributed by atoms with Crippen molar-refractivity contribution in [1.82, 2.24) is 10.3 Å². The van der Waals surface area contributed by atoms with Crippen molar-refractivity contribution in [2.24, 2.45) is 0 Å². The first-order valence-electron chi connectivity index (χ1n) is 5.18. The van der Waals surface area contributed by atoms with Crippen LogP contribution in [0.1, 0.15) is 32.9 Å². The van der Waals surface area contributed by atoms with Crippen molar-refractivity contribution in [3.63, 3.8) is 0 Å². The van der Waals surface area contributed by atoms with Crippen LogP contribution >= 0.6 is 0 Å². The summed E-state index contributed by atoms with van der Waals surface area (Å²) in [5, 5.41) is 3.00. The van der Waals surface area contributed by atoms with E-state index in [1.54, 1.807) is 6.20 Å². The number of amides is 1. The molecule has 0 aromatic carbocycles. The van der Waals surface area contributed by atoms with Gasteiger partial charge in [-0.2, -0.15) is 0 Å². The standard InChI is InChI=1S/C12H16N2O/c1-11(2)12(3,8-10(15)14-11)9-6-4-5-7-13-9/h4-7H,8H2,1-3H3,(H,14,15). The average molecular weight is 204 g/mol. The summed E-state index contributed by atoms with van der Waals surface area (Å²) >= 11 is 0. The van der Waals surface area contributed by atoms with E-state index in [4.69, 9.17) is 0 Å². The van der Waals surface area contributed by atoms with E-state index >= 15 is 0 Å². The monoisotopic (exact) mass is 204 g/mol. The topological polar surface area (TPSA) is 42.0 Å². The number of pyridine rings is 1. The van der Waals surface area contributed by atoms with Crippen LogP contribution in [0.5, 0.6) is 0 Å². The molecule has 2 heterocycles. The molecule has 1 atom stereocenters. The largest absolute Gasteiger partial charge is 0.350 e. The molecule has 0 radical (unpaired) electrons. The summed E-state index contributed by atoms with van der Waals surface area (Å²) in [6.45, 7) is 6.19. The summed E-state index contributed by atoms with van der Waals surface area (Å²) in [5.74, 6) is 0.105. The highest BCUT2D eigenvalue weighted by molar-refractivity contribution is 5.82. The van der Waals surface area contributed by atoms with Crippen molar-refractivity contribution in [3.8, 4) is 0 Å². The van der Waals surface area contributed by atoms with Gasteiger partial charge >= 0.3 is 0 Å². The zero-order valence-electron chi connectivity index (χ0n) is 9.37. The molecule has 0 spiro atoms. The second kappa shape index (κ2) is 3.05. The Morgan fingerprint density at radius 2 is 2.07 bits per heavy atom. The first-order valence-corrected chi connectivity index (χ1v) is 5.18. The molecule has 3 nitrogen and oxygen atoms in total. The van der Waals surface area contributed by atoms with Gasteiger partial charge in [0, 0.05) is 29.3 Å². The highest BCUT2D eigenvalue weighted by Crippen LogP contribution is 2.41. The Bertz CT molecular complexity index is 386. The van der Waals surface area contributed by atoms with Crippen LogP contribution in [0.2, 0.25) is 0 Å². The Morgan fingerprint density at radius 1 is 1.33 bits per heavy atom. The number of carbonyl (C=O) groups is 1. The van der Waals surface area contributed by atoms with Crippen molar-refractivity contribution in [1.29, 1.82) is 0 Å². The molecule has 0 saturated carbocycles. The molecule has 1 aliphatic heterocycles. The summed E-state index contributed by atoms with van der Waals surface area (Å²) in [7, 11) is 0. The fraction of sp³-hybridized carbons (Fsp3) is 0.500. The Balaban J connectivity index is 2.47. The molecule has 1 aromatic heterocycles. The molecule has 3 heteroatoms. The number of nitrogens with zero attached hydrogens (tertiary/aromatic N) is 1. The lowest BCUT2D eigenvalue weighted by atomic mass is 9.71. The van der Waals surface area contributed by atoms with Crippen LogP contribution in [0.15, 0.2) is 24.4 Å². The molecule has 1 aromatic rings. The molecule has 0 aliphatic carbocycles. The van der Waals surface area contributed by atoms with Crippen LogP contribution in [0.3, 0.4) is 0 Å². The minimum atomic E-state index is -0.238. The van der Waals surface area contributed by atoms with Gasteiger partial charge in [0.2, 0.25) is 5.91 Å². The van der Waals surface area contributed by atoms with Gasteiger partial charge in [-0.25, -0.2) is 0 Å². The average Bonchev–Trinajstić information content (AvgIpc) is 2.38. The van der Waals surface area contributed by atoms with Crippen molar-refractivity contribution in [2.75, 3.05) is 0 Å². The summed E-state index contributed by atoms with van der Waals surface area (Å²) in [6, 6.07) is 5.85. The van der Waals surface area contributed by atoms with Crippen molar-refractivity contribution < 1.29 is 4.79 Å². The third-order valence-electron chi connectivity index (χ3n) is 3.58. The third kappa shape index (κ3) is 1.42. The van der Waals surface area contributed by atoms with E-state index in [-0.39, 0.29) is 16.9 Å². The van der Waals surface area contributed by atoms with Crippen molar-refractivity contribution in [2.45, 2.75) is 38.1 Å². The third-order valence-corrected chi connectivity index (χ3v) is 3.58. The molecule has 80 valence electrons. The van der Waals surface area contributed by atoms with E-state index in [0.717, 1.165) is 5.69 Å². The SMILES string of the molecule is CC1(C)NC(=O)CC1(C)c1ccccn1. The summed E-state index contributed by atoms with van der Waals surface area (Å²) in [5.41, 5.74) is 0.525. The fourth-order valence-electron chi connectivity index (χ4n) is 2.17. The number of nitrogens with one attached hydrogen (secondary N) is 1. The second-order valence-electron chi connectivity index (χ2n) is 4.90. The van der Waals surface area contributed by atoms with Gasteiger partial charge in [0.25, 0.3) is 0 Å². The molecule has 1 unspecified atom stereocenters. The fourth-order valence-corrected chi connectivity index (χ4v) is 2.17. The molecule has 1 aliphatic rings. The molecule has 1 amide bonds. The predicted octanol–water partition coefficient (Wildman–Crippen LogP) is 1.64. The van der Waals surface area contributed by atoms with E-state index < -0.39 is 0 Å². The van der Waals surface area contributed by atoms with Gasteiger partial charge in [0.05, 0.1) is 0 Å². The molecule has 15 heavy (non-hydrogen) atoms. The van der Waals surface area contributed by atoms with Crippen LogP contribution < -0.4 is 5.32 Å². The van der Waals surface area contributed by atoms with Gasteiger partial charge < -0.3 is 5.32 Å². The van der Waals surface area contributed by atoms with Crippen molar-refractivity contribution >= 4 is 5.91 Å². The Labute approximate surface area is 89.9 Å². The van der Waals surface area contributed by atoms with Gasteiger partial charge in [-0.3, -0.25) is 9.78 Å².